The maximum atomic E-state index is 13.0. The molecule has 2 aromatic rings. The third kappa shape index (κ3) is 7.95. The first-order valence-corrected chi connectivity index (χ1v) is 11.6. The van der Waals surface area contributed by atoms with Crippen LogP contribution >= 0.6 is 0 Å². The van der Waals surface area contributed by atoms with Crippen LogP contribution in [0.1, 0.15) is 38.1 Å². The standard InChI is InChI=1S/C26H37N3O5/c1-7-29(8-2)13-14-34-21-11-9-20(10-12-21)27-26(31)24(18(3)4)28-25(30)19-15-22(32-5)17-23(16-19)33-6/h9-12,15-18,24H,7-8,13-14H2,1-6H3,(H,27,31)(H,28,30)/t24-/m1/s1. The van der Waals surface area contributed by atoms with Crippen LogP contribution in [0, 0.1) is 5.92 Å². The van der Waals surface area contributed by atoms with E-state index in [9.17, 15) is 9.59 Å². The first-order valence-electron chi connectivity index (χ1n) is 11.6. The van der Waals surface area contributed by atoms with E-state index in [0.717, 1.165) is 25.4 Å². The number of carbonyl (C=O) groups is 2. The Labute approximate surface area is 202 Å². The van der Waals surface area contributed by atoms with Crippen LogP contribution in [0.3, 0.4) is 0 Å². The molecule has 0 saturated carbocycles. The van der Waals surface area contributed by atoms with Crippen molar-refractivity contribution in [3.8, 4) is 17.2 Å². The van der Waals surface area contributed by atoms with E-state index >= 15 is 0 Å². The fourth-order valence-corrected chi connectivity index (χ4v) is 3.38. The molecule has 8 heteroatoms. The van der Waals surface area contributed by atoms with E-state index in [2.05, 4.69) is 29.4 Å². The van der Waals surface area contributed by atoms with Crippen LogP contribution in [0.25, 0.3) is 0 Å². The summed E-state index contributed by atoms with van der Waals surface area (Å²) in [5.74, 6) is 0.922. The van der Waals surface area contributed by atoms with Crippen molar-refractivity contribution in [1.29, 1.82) is 0 Å². The van der Waals surface area contributed by atoms with Gasteiger partial charge in [-0.15, -0.1) is 0 Å². The molecule has 0 aliphatic rings. The van der Waals surface area contributed by atoms with E-state index in [1.165, 1.54) is 14.2 Å². The molecule has 186 valence electrons. The minimum atomic E-state index is -0.727. The van der Waals surface area contributed by atoms with Crippen molar-refractivity contribution in [3.05, 3.63) is 48.0 Å². The third-order valence-electron chi connectivity index (χ3n) is 5.54. The maximum Gasteiger partial charge on any atom is 0.252 e. The van der Waals surface area contributed by atoms with E-state index < -0.39 is 6.04 Å². The molecular formula is C26H37N3O5. The smallest absolute Gasteiger partial charge is 0.252 e. The van der Waals surface area contributed by atoms with Gasteiger partial charge in [0.2, 0.25) is 5.91 Å². The lowest BCUT2D eigenvalue weighted by Crippen LogP contribution is -2.47. The fourth-order valence-electron chi connectivity index (χ4n) is 3.38. The van der Waals surface area contributed by atoms with Gasteiger partial charge in [0.05, 0.1) is 14.2 Å². The molecule has 8 nitrogen and oxygen atoms in total. The summed E-state index contributed by atoms with van der Waals surface area (Å²) in [6, 6.07) is 11.4. The normalized spacial score (nSPS) is 11.8. The monoisotopic (exact) mass is 471 g/mol. The van der Waals surface area contributed by atoms with Crippen LogP contribution in [0.5, 0.6) is 17.2 Å². The Morgan fingerprint density at radius 1 is 0.912 bits per heavy atom. The molecule has 0 radical (unpaired) electrons. The number of nitrogens with one attached hydrogen (secondary N) is 2. The molecule has 0 aromatic heterocycles. The van der Waals surface area contributed by atoms with Crippen molar-refractivity contribution < 1.29 is 23.8 Å². The summed E-state index contributed by atoms with van der Waals surface area (Å²) in [6.07, 6.45) is 0. The molecule has 2 amide bonds. The highest BCUT2D eigenvalue weighted by Gasteiger charge is 2.25. The first-order chi connectivity index (χ1) is 16.3. The van der Waals surface area contributed by atoms with Gasteiger partial charge in [-0.3, -0.25) is 9.59 Å². The SMILES string of the molecule is CCN(CC)CCOc1ccc(NC(=O)[C@H](NC(=O)c2cc(OC)cc(OC)c2)C(C)C)cc1. The van der Waals surface area contributed by atoms with Gasteiger partial charge in [-0.2, -0.15) is 0 Å². The van der Waals surface area contributed by atoms with Gasteiger partial charge in [0.25, 0.3) is 5.91 Å². The van der Waals surface area contributed by atoms with E-state index in [0.29, 0.717) is 29.4 Å². The zero-order valence-electron chi connectivity index (χ0n) is 21.0. The molecule has 0 unspecified atom stereocenters. The number of hydrogen-bond donors (Lipinski definition) is 2. The molecule has 0 fully saturated rings. The van der Waals surface area contributed by atoms with E-state index in [4.69, 9.17) is 14.2 Å². The highest BCUT2D eigenvalue weighted by atomic mass is 16.5. The van der Waals surface area contributed by atoms with Crippen LogP contribution < -0.4 is 24.8 Å². The molecule has 34 heavy (non-hydrogen) atoms. The zero-order chi connectivity index (χ0) is 25.1. The van der Waals surface area contributed by atoms with Gasteiger partial charge in [-0.1, -0.05) is 27.7 Å². The Bertz CT molecular complexity index is 904. The summed E-state index contributed by atoms with van der Waals surface area (Å²) in [5.41, 5.74) is 0.977. The van der Waals surface area contributed by atoms with Gasteiger partial charge < -0.3 is 29.7 Å². The Kier molecular flexibility index (Phi) is 10.7. The fraction of sp³-hybridized carbons (Fsp3) is 0.462. The van der Waals surface area contributed by atoms with Crippen LogP contribution in [-0.2, 0) is 4.79 Å². The number of hydrogen-bond acceptors (Lipinski definition) is 6. The molecule has 0 aliphatic heterocycles. The van der Waals surface area contributed by atoms with E-state index in [1.54, 1.807) is 30.3 Å². The molecule has 0 bridgehead atoms. The Morgan fingerprint density at radius 3 is 2.00 bits per heavy atom. The summed E-state index contributed by atoms with van der Waals surface area (Å²) >= 11 is 0. The van der Waals surface area contributed by atoms with Crippen LogP contribution in [0.15, 0.2) is 42.5 Å². The molecule has 2 N–H and O–H groups in total. The van der Waals surface area contributed by atoms with E-state index in [-0.39, 0.29) is 17.7 Å². The number of nitrogens with zero attached hydrogens (tertiary/aromatic N) is 1. The van der Waals surface area contributed by atoms with Gasteiger partial charge in [0.1, 0.15) is 29.9 Å². The largest absolute Gasteiger partial charge is 0.497 e. The molecule has 0 spiro atoms. The number of anilines is 1. The van der Waals surface area contributed by atoms with Crippen molar-refractivity contribution in [2.45, 2.75) is 33.7 Å². The summed E-state index contributed by atoms with van der Waals surface area (Å²) in [4.78, 5) is 28.1. The maximum absolute atomic E-state index is 13.0. The van der Waals surface area contributed by atoms with Gasteiger partial charge in [-0.25, -0.2) is 0 Å². The minimum absolute atomic E-state index is 0.126. The predicted molar refractivity (Wildman–Crippen MR) is 134 cm³/mol. The predicted octanol–water partition coefficient (Wildman–Crippen LogP) is 3.82. The summed E-state index contributed by atoms with van der Waals surface area (Å²) in [7, 11) is 3.03. The first kappa shape index (κ1) is 27.0. The molecule has 2 rings (SSSR count). The molecule has 1 atom stereocenters. The lowest BCUT2D eigenvalue weighted by molar-refractivity contribution is -0.118. The minimum Gasteiger partial charge on any atom is -0.497 e. The second-order valence-electron chi connectivity index (χ2n) is 8.19. The van der Waals surface area contributed by atoms with Crippen molar-refractivity contribution in [2.75, 3.05) is 45.8 Å². The number of carbonyl (C=O) groups excluding carboxylic acids is 2. The summed E-state index contributed by atoms with van der Waals surface area (Å²) in [5, 5.41) is 5.70. The molecule has 0 saturated heterocycles. The third-order valence-corrected chi connectivity index (χ3v) is 5.54. The quantitative estimate of drug-likeness (QED) is 0.462. The number of likely N-dealkylation sites (N-methyl/N-ethyl adjacent to an activating group) is 1. The lowest BCUT2D eigenvalue weighted by Gasteiger charge is -2.22. The lowest BCUT2D eigenvalue weighted by atomic mass is 10.0. The molecule has 2 aromatic carbocycles. The second kappa shape index (κ2) is 13.4. The second-order valence-corrected chi connectivity index (χ2v) is 8.19. The number of methoxy groups -OCH3 is 2. The number of rotatable bonds is 13. The van der Waals surface area contributed by atoms with Crippen molar-refractivity contribution in [3.63, 3.8) is 0 Å². The Balaban J connectivity index is 2.00. The van der Waals surface area contributed by atoms with Crippen LogP contribution in [-0.4, -0.2) is 63.2 Å². The molecule has 0 aliphatic carbocycles. The average Bonchev–Trinajstić information content (AvgIpc) is 2.85. The summed E-state index contributed by atoms with van der Waals surface area (Å²) in [6.45, 7) is 11.5. The highest BCUT2D eigenvalue weighted by Crippen LogP contribution is 2.23. The van der Waals surface area contributed by atoms with Gasteiger partial charge in [0.15, 0.2) is 0 Å². The highest BCUT2D eigenvalue weighted by molar-refractivity contribution is 6.01. The zero-order valence-corrected chi connectivity index (χ0v) is 21.0. The molecular weight excluding hydrogens is 434 g/mol. The number of ether oxygens (including phenoxy) is 3. The van der Waals surface area contributed by atoms with Gasteiger partial charge in [-0.05, 0) is 55.4 Å². The van der Waals surface area contributed by atoms with Crippen molar-refractivity contribution >= 4 is 17.5 Å². The van der Waals surface area contributed by atoms with E-state index in [1.807, 2.05) is 26.0 Å². The Morgan fingerprint density at radius 2 is 1.50 bits per heavy atom. The van der Waals surface area contributed by atoms with Crippen LogP contribution in [0.4, 0.5) is 5.69 Å². The van der Waals surface area contributed by atoms with Gasteiger partial charge in [0, 0.05) is 23.9 Å². The van der Waals surface area contributed by atoms with Gasteiger partial charge >= 0.3 is 0 Å². The topological polar surface area (TPSA) is 89.1 Å². The van der Waals surface area contributed by atoms with Crippen LogP contribution in [0.2, 0.25) is 0 Å². The number of benzene rings is 2. The Hall–Kier alpha value is -3.26. The summed E-state index contributed by atoms with van der Waals surface area (Å²) < 4.78 is 16.3. The van der Waals surface area contributed by atoms with Crippen molar-refractivity contribution in [2.24, 2.45) is 5.92 Å². The average molecular weight is 472 g/mol. The van der Waals surface area contributed by atoms with Crippen molar-refractivity contribution in [1.82, 2.24) is 10.2 Å². The number of amides is 2. The molecule has 0 heterocycles.